The van der Waals surface area contributed by atoms with Crippen molar-refractivity contribution >= 4 is 45.6 Å². The molecule has 2 heterocycles. The van der Waals surface area contributed by atoms with Crippen molar-refractivity contribution in [3.63, 3.8) is 0 Å². The first-order valence-corrected chi connectivity index (χ1v) is 21.7. The molecule has 2 fully saturated rings. The molecule has 0 radical (unpaired) electrons. The standard InChI is InChI=1S/C43H60N4O10S.Zn/c1-23-17-25(3)39(26(4)18-23)56-43(50)38-30(8)36(46-42(38)47-37(49)11-10-16-54-32-12-14-33(15-13-32)58(51,52)53)21-35-29(7)34(41(45-35)44-31(9)48)22-55-57-40-27(5)19-24(2)20-28(40)6;/h12-15,21,23-28,39-40H,10-11,16-20,22H2,1-9H3,(H4,44,45,46,47,48,49,50,51,52,53);/p-2. The summed E-state index contributed by atoms with van der Waals surface area (Å²) in [4.78, 5) is 60.4. The molecule has 1 aromatic heterocycles. The summed E-state index contributed by atoms with van der Waals surface area (Å²) in [7, 11) is -4.58. The zero-order valence-corrected chi connectivity index (χ0v) is 39.5. The van der Waals surface area contributed by atoms with Crippen LogP contribution in [0.2, 0.25) is 0 Å². The number of carbonyl (C=O) groups excluding carboxylic acids is 3. The Morgan fingerprint density at radius 1 is 0.898 bits per heavy atom. The molecule has 2 N–H and O–H groups in total. The first kappa shape index (κ1) is 48.0. The second-order valence-corrected chi connectivity index (χ2v) is 18.2. The minimum Gasteiger partial charge on any atom is -0.744 e. The monoisotopic (exact) mass is 886 g/mol. The average molecular weight is 888 g/mol. The second-order valence-electron chi connectivity index (χ2n) is 16.8. The van der Waals surface area contributed by atoms with Crippen LogP contribution in [-0.2, 0) is 65.1 Å². The van der Waals surface area contributed by atoms with Crippen LogP contribution >= 0.6 is 0 Å². The number of hydrogen-bond acceptors (Lipinski definition) is 11. The maximum absolute atomic E-state index is 14.0. The molecule has 4 unspecified atom stereocenters. The number of hydrogen-bond donors (Lipinski definition) is 2. The maximum Gasteiger partial charge on any atom is 0.342 e. The Balaban J connectivity index is 0.00000769. The molecule has 320 valence electrons. The van der Waals surface area contributed by atoms with E-state index in [-0.39, 0.29) is 91.8 Å². The van der Waals surface area contributed by atoms with E-state index in [0.29, 0.717) is 57.8 Å². The van der Waals surface area contributed by atoms with Crippen LogP contribution < -0.4 is 20.4 Å². The SMILES string of the molecule is CC(=O)Nc1[n-]c(/C=C2\N=C(NC(=O)CCCOc3ccc(S(=O)(=O)[O-])cc3)C(C(=O)OC3C(C)CC(C)CC3C)=C2C)c(C)c1COOC1C(C)CC(C)CC1C.[Zn]. The Hall–Kier alpha value is -3.69. The van der Waals surface area contributed by atoms with Gasteiger partial charge in [-0.25, -0.2) is 28.0 Å². The molecule has 4 atom stereocenters. The van der Waals surface area contributed by atoms with Crippen molar-refractivity contribution in [3.8, 4) is 5.75 Å². The van der Waals surface area contributed by atoms with Gasteiger partial charge in [0.2, 0.25) is 5.91 Å². The van der Waals surface area contributed by atoms with Gasteiger partial charge < -0.3 is 29.6 Å². The molecule has 14 nitrogen and oxygen atoms in total. The number of ether oxygens (including phenoxy) is 2. The zero-order chi connectivity index (χ0) is 42.5. The van der Waals surface area contributed by atoms with Crippen LogP contribution in [0.5, 0.6) is 5.75 Å². The molecule has 2 amide bonds. The first-order valence-electron chi connectivity index (χ1n) is 20.3. The smallest absolute Gasteiger partial charge is 0.342 e. The van der Waals surface area contributed by atoms with E-state index in [4.69, 9.17) is 29.2 Å². The van der Waals surface area contributed by atoms with Crippen LogP contribution in [0.3, 0.4) is 0 Å². The Kier molecular flexibility index (Phi) is 16.9. The van der Waals surface area contributed by atoms with E-state index in [1.54, 1.807) is 13.0 Å². The molecular weight excluding hydrogens is 830 g/mol. The fourth-order valence-corrected chi connectivity index (χ4v) is 9.32. The number of allylic oxidation sites excluding steroid dienone is 1. The van der Waals surface area contributed by atoms with Gasteiger partial charge in [-0.3, -0.25) is 9.59 Å². The van der Waals surface area contributed by atoms with E-state index >= 15 is 0 Å². The van der Waals surface area contributed by atoms with Gasteiger partial charge >= 0.3 is 5.97 Å². The number of carbonyl (C=O) groups is 3. The maximum atomic E-state index is 14.0. The van der Waals surface area contributed by atoms with Gasteiger partial charge in [0, 0.05) is 25.9 Å². The van der Waals surface area contributed by atoms with Crippen molar-refractivity contribution in [2.75, 3.05) is 11.9 Å². The largest absolute Gasteiger partial charge is 0.744 e. The molecule has 0 bridgehead atoms. The van der Waals surface area contributed by atoms with Gasteiger partial charge in [-0.15, -0.1) is 0 Å². The quantitative estimate of drug-likeness (QED) is 0.0496. The summed E-state index contributed by atoms with van der Waals surface area (Å²) < 4.78 is 45.5. The van der Waals surface area contributed by atoms with Crippen molar-refractivity contribution in [2.24, 2.45) is 40.5 Å². The number of aliphatic imine (C=N–C) groups is 1. The number of esters is 1. The van der Waals surface area contributed by atoms with E-state index in [1.807, 2.05) is 6.92 Å². The Labute approximate surface area is 361 Å². The summed E-state index contributed by atoms with van der Waals surface area (Å²) in [6.45, 7) is 18.2. The number of amides is 2. The predicted octanol–water partition coefficient (Wildman–Crippen LogP) is 6.99. The summed E-state index contributed by atoms with van der Waals surface area (Å²) in [6, 6.07) is 5.07. The Morgan fingerprint density at radius 3 is 2.03 bits per heavy atom. The Morgan fingerprint density at radius 2 is 1.47 bits per heavy atom. The number of aromatic nitrogens is 1. The summed E-state index contributed by atoms with van der Waals surface area (Å²) in [5, 5.41) is 5.62. The molecule has 5 rings (SSSR count). The van der Waals surface area contributed by atoms with Crippen molar-refractivity contribution in [1.82, 2.24) is 10.3 Å². The van der Waals surface area contributed by atoms with Gasteiger partial charge in [0.1, 0.15) is 45.9 Å². The molecule has 2 aromatic rings. The molecule has 0 saturated heterocycles. The third-order valence-electron chi connectivity index (χ3n) is 11.5. The molecule has 3 aliphatic rings. The summed E-state index contributed by atoms with van der Waals surface area (Å²) in [5.41, 5.74) is 2.91. The minimum atomic E-state index is -4.58. The van der Waals surface area contributed by atoms with E-state index in [0.717, 1.165) is 43.4 Å². The van der Waals surface area contributed by atoms with E-state index < -0.39 is 22.0 Å². The number of anilines is 1. The van der Waals surface area contributed by atoms with E-state index in [2.05, 4.69) is 52.2 Å². The average Bonchev–Trinajstić information content (AvgIpc) is 3.58. The van der Waals surface area contributed by atoms with E-state index in [1.165, 1.54) is 19.1 Å². The molecule has 2 aliphatic carbocycles. The van der Waals surface area contributed by atoms with Gasteiger partial charge in [0.05, 0.1) is 23.3 Å². The summed E-state index contributed by atoms with van der Waals surface area (Å²) in [6.07, 6.45) is 5.63. The summed E-state index contributed by atoms with van der Waals surface area (Å²) in [5.74, 6) is 1.55. The number of benzene rings is 1. The van der Waals surface area contributed by atoms with Crippen LogP contribution in [0.1, 0.15) is 111 Å². The molecule has 2 saturated carbocycles. The molecule has 1 aliphatic heterocycles. The van der Waals surface area contributed by atoms with Crippen LogP contribution in [0.15, 0.2) is 51.0 Å². The molecule has 0 spiro atoms. The third kappa shape index (κ3) is 12.4. The van der Waals surface area contributed by atoms with Gasteiger partial charge in [0.25, 0.3) is 0 Å². The predicted molar refractivity (Wildman–Crippen MR) is 217 cm³/mol. The number of amidine groups is 1. The minimum absolute atomic E-state index is 0. The Bertz CT molecular complexity index is 2020. The first-order chi connectivity index (χ1) is 27.3. The fourth-order valence-electron chi connectivity index (χ4n) is 8.85. The molecule has 59 heavy (non-hydrogen) atoms. The van der Waals surface area contributed by atoms with Crippen molar-refractivity contribution < 1.29 is 66.1 Å². The third-order valence-corrected chi connectivity index (χ3v) is 12.4. The number of nitrogens with zero attached hydrogens (tertiary/aromatic N) is 2. The molecule has 16 heteroatoms. The topological polar surface area (TPSA) is 196 Å². The molecule has 1 aromatic carbocycles. The zero-order valence-electron chi connectivity index (χ0n) is 35.8. The number of rotatable bonds is 14. The van der Waals surface area contributed by atoms with Gasteiger partial charge in [-0.1, -0.05) is 47.4 Å². The van der Waals surface area contributed by atoms with Crippen molar-refractivity contribution in [3.05, 3.63) is 57.9 Å². The second kappa shape index (κ2) is 20.7. The van der Waals surface area contributed by atoms with Crippen LogP contribution in [-0.4, -0.2) is 55.4 Å². The van der Waals surface area contributed by atoms with Crippen LogP contribution in [0.25, 0.3) is 6.08 Å². The van der Waals surface area contributed by atoms with Gasteiger partial charge in [0.15, 0.2) is 0 Å². The van der Waals surface area contributed by atoms with E-state index in [9.17, 15) is 27.4 Å². The number of nitrogens with one attached hydrogen (secondary N) is 2. The normalized spacial score (nSPS) is 26.5. The van der Waals surface area contributed by atoms with Crippen LogP contribution in [0.4, 0.5) is 5.82 Å². The molecular formula is C43H58N4O10SZn-2. The van der Waals surface area contributed by atoms with Crippen molar-refractivity contribution in [2.45, 2.75) is 125 Å². The van der Waals surface area contributed by atoms with Gasteiger partial charge in [-0.2, -0.15) is 0 Å². The van der Waals surface area contributed by atoms with Crippen LogP contribution in [0, 0.1) is 42.4 Å². The summed E-state index contributed by atoms with van der Waals surface area (Å²) >= 11 is 0. The van der Waals surface area contributed by atoms with Gasteiger partial charge in [-0.05, 0) is 141 Å². The fraction of sp³-hybridized carbons (Fsp3) is 0.581. The van der Waals surface area contributed by atoms with Crippen molar-refractivity contribution in [1.29, 1.82) is 0 Å².